The second-order valence-electron chi connectivity index (χ2n) is 4.83. The van der Waals surface area contributed by atoms with Crippen LogP contribution in [0.4, 0.5) is 0 Å². The molecular weight excluding hydrogens is 318 g/mol. The van der Waals surface area contributed by atoms with Gasteiger partial charge in [-0.15, -0.1) is 22.7 Å². The molecule has 6 heteroatoms. The summed E-state index contributed by atoms with van der Waals surface area (Å²) in [5.41, 5.74) is 0.468. The highest BCUT2D eigenvalue weighted by atomic mass is 32.1. The molecule has 0 radical (unpaired) electrons. The van der Waals surface area contributed by atoms with E-state index in [9.17, 15) is 9.59 Å². The highest BCUT2D eigenvalue weighted by Gasteiger charge is 2.23. The third-order valence-electron chi connectivity index (χ3n) is 2.91. The lowest BCUT2D eigenvalue weighted by Crippen LogP contribution is -2.35. The van der Waals surface area contributed by atoms with Crippen LogP contribution in [0.5, 0.6) is 0 Å². The van der Waals surface area contributed by atoms with Gasteiger partial charge in [-0.1, -0.05) is 12.1 Å². The molecule has 0 aliphatic heterocycles. The fourth-order valence-electron chi connectivity index (χ4n) is 1.82. The predicted molar refractivity (Wildman–Crippen MR) is 90.8 cm³/mol. The van der Waals surface area contributed by atoms with Crippen molar-refractivity contribution in [3.05, 3.63) is 44.8 Å². The number of carbonyl (C=O) groups is 2. The highest BCUT2D eigenvalue weighted by molar-refractivity contribution is 7.12. The summed E-state index contributed by atoms with van der Waals surface area (Å²) in [6.45, 7) is 1.58. The molecule has 1 atom stereocenters. The van der Waals surface area contributed by atoms with Gasteiger partial charge in [0, 0.05) is 23.8 Å². The van der Waals surface area contributed by atoms with Crippen LogP contribution in [0.2, 0.25) is 0 Å². The summed E-state index contributed by atoms with van der Waals surface area (Å²) in [5.74, 6) is -0.728. The van der Waals surface area contributed by atoms with E-state index >= 15 is 0 Å². The molecule has 0 aliphatic rings. The number of esters is 1. The Morgan fingerprint density at radius 1 is 1.18 bits per heavy atom. The van der Waals surface area contributed by atoms with Crippen molar-refractivity contribution in [1.29, 1.82) is 0 Å². The van der Waals surface area contributed by atoms with Crippen molar-refractivity contribution in [2.75, 3.05) is 14.1 Å². The van der Waals surface area contributed by atoms with Gasteiger partial charge in [-0.25, -0.2) is 4.79 Å². The number of carbonyl (C=O) groups excluding carboxylic acids is 2. The lowest BCUT2D eigenvalue weighted by Gasteiger charge is -2.17. The van der Waals surface area contributed by atoms with Crippen LogP contribution in [-0.2, 0) is 14.3 Å². The third kappa shape index (κ3) is 4.05. The Hall–Kier alpha value is -1.92. The van der Waals surface area contributed by atoms with Crippen LogP contribution in [0, 0.1) is 0 Å². The molecular formula is C16H17NO3S2. The van der Waals surface area contributed by atoms with Crippen LogP contribution in [-0.4, -0.2) is 37.0 Å². The van der Waals surface area contributed by atoms with Crippen molar-refractivity contribution >= 4 is 46.2 Å². The molecule has 22 heavy (non-hydrogen) atoms. The molecule has 0 aliphatic carbocycles. The first-order valence-electron chi connectivity index (χ1n) is 6.70. The van der Waals surface area contributed by atoms with Crippen molar-refractivity contribution in [3.8, 4) is 0 Å². The molecule has 2 aromatic heterocycles. The Bertz CT molecular complexity index is 658. The van der Waals surface area contributed by atoms with Crippen LogP contribution in [0.25, 0.3) is 11.6 Å². The van der Waals surface area contributed by atoms with Crippen molar-refractivity contribution in [3.63, 3.8) is 0 Å². The number of hydrogen-bond acceptors (Lipinski definition) is 5. The highest BCUT2D eigenvalue weighted by Crippen LogP contribution is 2.26. The van der Waals surface area contributed by atoms with Crippen molar-refractivity contribution < 1.29 is 14.3 Å². The number of rotatable bonds is 5. The van der Waals surface area contributed by atoms with Crippen molar-refractivity contribution in [2.45, 2.75) is 13.0 Å². The molecule has 0 saturated heterocycles. The van der Waals surface area contributed by atoms with E-state index in [1.807, 2.05) is 35.0 Å². The molecule has 0 spiro atoms. The van der Waals surface area contributed by atoms with E-state index in [1.54, 1.807) is 38.4 Å². The summed E-state index contributed by atoms with van der Waals surface area (Å²) in [6.07, 6.45) is 0.986. The number of nitrogens with zero attached hydrogens (tertiary/aromatic N) is 1. The summed E-state index contributed by atoms with van der Waals surface area (Å²) in [4.78, 5) is 27.5. The second-order valence-corrected chi connectivity index (χ2v) is 6.76. The maximum atomic E-state index is 12.5. The van der Waals surface area contributed by atoms with Gasteiger partial charge in [-0.2, -0.15) is 0 Å². The average Bonchev–Trinajstić information content (AvgIpc) is 3.16. The van der Waals surface area contributed by atoms with Crippen LogP contribution in [0.3, 0.4) is 0 Å². The lowest BCUT2D eigenvalue weighted by molar-refractivity contribution is -0.153. The molecule has 0 aromatic carbocycles. The third-order valence-corrected chi connectivity index (χ3v) is 4.63. The lowest BCUT2D eigenvalue weighted by atomic mass is 10.2. The van der Waals surface area contributed by atoms with Crippen molar-refractivity contribution in [1.82, 2.24) is 4.90 Å². The van der Waals surface area contributed by atoms with Gasteiger partial charge in [0.05, 0.1) is 5.57 Å². The van der Waals surface area contributed by atoms with Crippen LogP contribution in [0.1, 0.15) is 16.7 Å². The molecule has 0 unspecified atom stereocenters. The quantitative estimate of drug-likeness (QED) is 0.622. The predicted octanol–water partition coefficient (Wildman–Crippen LogP) is 3.37. The van der Waals surface area contributed by atoms with E-state index in [0.29, 0.717) is 5.57 Å². The zero-order valence-electron chi connectivity index (χ0n) is 12.6. The Labute approximate surface area is 137 Å². The maximum Gasteiger partial charge on any atom is 0.340 e. The zero-order valence-corrected chi connectivity index (χ0v) is 14.2. The van der Waals surface area contributed by atoms with Gasteiger partial charge in [0.2, 0.25) is 0 Å². The zero-order chi connectivity index (χ0) is 16.1. The van der Waals surface area contributed by atoms with E-state index in [-0.39, 0.29) is 5.91 Å². The first-order valence-corrected chi connectivity index (χ1v) is 8.46. The number of hydrogen-bond donors (Lipinski definition) is 0. The largest absolute Gasteiger partial charge is 0.449 e. The minimum Gasteiger partial charge on any atom is -0.449 e. The van der Waals surface area contributed by atoms with Gasteiger partial charge in [0.15, 0.2) is 6.10 Å². The van der Waals surface area contributed by atoms with Gasteiger partial charge in [-0.05, 0) is 35.9 Å². The first-order chi connectivity index (χ1) is 10.5. The van der Waals surface area contributed by atoms with Gasteiger partial charge in [0.1, 0.15) is 0 Å². The van der Waals surface area contributed by atoms with Gasteiger partial charge in [-0.3, -0.25) is 4.79 Å². The van der Waals surface area contributed by atoms with Crippen LogP contribution < -0.4 is 0 Å². The van der Waals surface area contributed by atoms with Gasteiger partial charge in [0.25, 0.3) is 5.91 Å². The molecule has 0 fully saturated rings. The van der Waals surface area contributed by atoms with Crippen LogP contribution >= 0.6 is 22.7 Å². The van der Waals surface area contributed by atoms with Crippen LogP contribution in [0.15, 0.2) is 35.0 Å². The standard InChI is InChI=1S/C16H17NO3S2/c1-11(15(18)17(2)3)20-16(19)13(14-7-5-9-22-14)10-12-6-4-8-21-12/h4-11H,1-3H3/b13-10+/t11-/m1/s1. The first kappa shape index (κ1) is 16.5. The van der Waals surface area contributed by atoms with E-state index < -0.39 is 12.1 Å². The summed E-state index contributed by atoms with van der Waals surface area (Å²) in [6, 6.07) is 7.60. The summed E-state index contributed by atoms with van der Waals surface area (Å²) >= 11 is 3.00. The minimum absolute atomic E-state index is 0.241. The molecule has 2 heterocycles. The Balaban J connectivity index is 2.23. The summed E-state index contributed by atoms with van der Waals surface area (Å²) in [5, 5.41) is 3.85. The fourth-order valence-corrected chi connectivity index (χ4v) is 3.20. The van der Waals surface area contributed by atoms with Gasteiger partial charge >= 0.3 is 5.97 Å². The molecule has 2 aromatic rings. The average molecular weight is 335 g/mol. The maximum absolute atomic E-state index is 12.5. The van der Waals surface area contributed by atoms with E-state index in [1.165, 1.54) is 16.2 Å². The molecule has 0 bridgehead atoms. The number of ether oxygens (including phenoxy) is 1. The Morgan fingerprint density at radius 3 is 2.41 bits per heavy atom. The number of amides is 1. The molecule has 1 amide bonds. The molecule has 2 rings (SSSR count). The Morgan fingerprint density at radius 2 is 1.86 bits per heavy atom. The smallest absolute Gasteiger partial charge is 0.340 e. The molecule has 0 saturated carbocycles. The fraction of sp³-hybridized carbons (Fsp3) is 0.250. The second kappa shape index (κ2) is 7.38. The summed E-state index contributed by atoms with van der Waals surface area (Å²) in [7, 11) is 3.27. The number of likely N-dealkylation sites (N-methyl/N-ethyl adjacent to an activating group) is 1. The summed E-state index contributed by atoms with van der Waals surface area (Å²) < 4.78 is 5.32. The Kier molecular flexibility index (Phi) is 5.51. The van der Waals surface area contributed by atoms with Gasteiger partial charge < -0.3 is 9.64 Å². The van der Waals surface area contributed by atoms with E-state index in [4.69, 9.17) is 4.74 Å². The molecule has 0 N–H and O–H groups in total. The minimum atomic E-state index is -0.811. The van der Waals surface area contributed by atoms with E-state index in [2.05, 4.69) is 0 Å². The SMILES string of the molecule is C[C@@H](OC(=O)/C(=C/c1cccs1)c1cccs1)C(=O)N(C)C. The monoisotopic (exact) mass is 335 g/mol. The number of thiophene rings is 2. The van der Waals surface area contributed by atoms with E-state index in [0.717, 1.165) is 9.75 Å². The molecule has 4 nitrogen and oxygen atoms in total. The normalized spacial score (nSPS) is 12.8. The topological polar surface area (TPSA) is 46.6 Å². The molecule has 116 valence electrons. The van der Waals surface area contributed by atoms with Crippen molar-refractivity contribution in [2.24, 2.45) is 0 Å².